The van der Waals surface area contributed by atoms with Crippen molar-refractivity contribution in [3.63, 3.8) is 0 Å². The number of nitrogens with two attached hydrogens (primary N) is 1. The van der Waals surface area contributed by atoms with E-state index in [1.165, 1.54) is 0 Å². The van der Waals surface area contributed by atoms with Gasteiger partial charge < -0.3 is 21.1 Å². The van der Waals surface area contributed by atoms with Crippen LogP contribution < -0.4 is 11.1 Å². The zero-order chi connectivity index (χ0) is 11.4. The predicted molar refractivity (Wildman–Crippen MR) is 58.4 cm³/mol. The van der Waals surface area contributed by atoms with Crippen molar-refractivity contribution in [2.75, 3.05) is 12.3 Å². The van der Waals surface area contributed by atoms with Crippen molar-refractivity contribution in [2.24, 2.45) is 5.92 Å². The van der Waals surface area contributed by atoms with Gasteiger partial charge in [0.15, 0.2) is 0 Å². The van der Waals surface area contributed by atoms with Crippen molar-refractivity contribution in [3.8, 4) is 0 Å². The van der Waals surface area contributed by atoms with Crippen molar-refractivity contribution in [3.05, 3.63) is 18.0 Å². The Kier molecular flexibility index (Phi) is 3.74. The van der Waals surface area contributed by atoms with E-state index in [1.807, 2.05) is 13.8 Å². The van der Waals surface area contributed by atoms with Crippen LogP contribution in [-0.2, 0) is 0 Å². The van der Waals surface area contributed by atoms with Crippen LogP contribution in [0, 0.1) is 5.92 Å². The molecule has 1 aromatic rings. The zero-order valence-corrected chi connectivity index (χ0v) is 8.95. The summed E-state index contributed by atoms with van der Waals surface area (Å²) in [6, 6.07) is 1.55. The fourth-order valence-electron chi connectivity index (χ4n) is 1.07. The number of carbonyl (C=O) groups excluding carboxylic acids is 1. The first-order chi connectivity index (χ1) is 7.00. The monoisotopic (exact) mass is 211 g/mol. The zero-order valence-electron chi connectivity index (χ0n) is 8.95. The number of aromatic amines is 1. The molecular formula is C10H17N3O2. The third-order valence-electron chi connectivity index (χ3n) is 2.19. The van der Waals surface area contributed by atoms with Crippen LogP contribution in [0.2, 0.25) is 0 Å². The minimum absolute atomic E-state index is 0.124. The third-order valence-corrected chi connectivity index (χ3v) is 2.19. The van der Waals surface area contributed by atoms with Crippen LogP contribution in [0.1, 0.15) is 24.3 Å². The van der Waals surface area contributed by atoms with E-state index in [1.54, 1.807) is 12.3 Å². The highest BCUT2D eigenvalue weighted by atomic mass is 16.3. The molecule has 0 aromatic carbocycles. The van der Waals surface area contributed by atoms with Crippen molar-refractivity contribution in [1.82, 2.24) is 10.3 Å². The maximum absolute atomic E-state index is 11.5. The maximum Gasteiger partial charge on any atom is 0.267 e. The smallest absolute Gasteiger partial charge is 0.267 e. The van der Waals surface area contributed by atoms with Gasteiger partial charge in [0.1, 0.15) is 5.69 Å². The molecule has 5 nitrogen and oxygen atoms in total. The number of aromatic nitrogens is 1. The molecule has 1 unspecified atom stereocenters. The normalized spacial score (nSPS) is 12.8. The third kappa shape index (κ3) is 3.28. The first-order valence-electron chi connectivity index (χ1n) is 4.91. The molecular weight excluding hydrogens is 194 g/mol. The summed E-state index contributed by atoms with van der Waals surface area (Å²) in [7, 11) is 0. The molecule has 5 heteroatoms. The van der Waals surface area contributed by atoms with Crippen LogP contribution in [0.5, 0.6) is 0 Å². The molecule has 84 valence electrons. The van der Waals surface area contributed by atoms with Crippen molar-refractivity contribution >= 4 is 11.6 Å². The highest BCUT2D eigenvalue weighted by molar-refractivity contribution is 5.93. The lowest BCUT2D eigenvalue weighted by Crippen LogP contribution is -2.34. The van der Waals surface area contributed by atoms with E-state index in [0.29, 0.717) is 11.4 Å². The molecule has 0 saturated carbocycles. The molecule has 1 rings (SSSR count). The molecule has 0 aliphatic heterocycles. The Morgan fingerprint density at radius 2 is 2.33 bits per heavy atom. The number of anilines is 1. The van der Waals surface area contributed by atoms with Gasteiger partial charge in [-0.1, -0.05) is 13.8 Å². The molecule has 0 spiro atoms. The van der Waals surface area contributed by atoms with Gasteiger partial charge >= 0.3 is 0 Å². The Morgan fingerprint density at radius 3 is 2.80 bits per heavy atom. The second kappa shape index (κ2) is 4.84. The van der Waals surface area contributed by atoms with Gasteiger partial charge in [-0.15, -0.1) is 0 Å². The number of H-pyrrole nitrogens is 1. The minimum atomic E-state index is -0.527. The highest BCUT2D eigenvalue weighted by Crippen LogP contribution is 2.04. The molecule has 0 bridgehead atoms. The summed E-state index contributed by atoms with van der Waals surface area (Å²) in [4.78, 5) is 14.2. The van der Waals surface area contributed by atoms with Crippen LogP contribution in [-0.4, -0.2) is 28.6 Å². The summed E-state index contributed by atoms with van der Waals surface area (Å²) in [5.74, 6) is -0.134. The molecule has 0 radical (unpaired) electrons. The van der Waals surface area contributed by atoms with E-state index < -0.39 is 6.10 Å². The average Bonchev–Trinajstić information content (AvgIpc) is 2.60. The van der Waals surface area contributed by atoms with E-state index >= 15 is 0 Å². The first-order valence-corrected chi connectivity index (χ1v) is 4.91. The first kappa shape index (κ1) is 11.6. The lowest BCUT2D eigenvalue weighted by molar-refractivity contribution is 0.0867. The Balaban J connectivity index is 2.43. The summed E-state index contributed by atoms with van der Waals surface area (Å²) >= 11 is 0. The van der Waals surface area contributed by atoms with Crippen molar-refractivity contribution in [2.45, 2.75) is 20.0 Å². The van der Waals surface area contributed by atoms with Crippen LogP contribution in [0.4, 0.5) is 5.69 Å². The lowest BCUT2D eigenvalue weighted by Gasteiger charge is -2.14. The molecule has 1 aromatic heterocycles. The number of hydrogen-bond donors (Lipinski definition) is 4. The summed E-state index contributed by atoms with van der Waals surface area (Å²) in [6.45, 7) is 4.03. The summed E-state index contributed by atoms with van der Waals surface area (Å²) < 4.78 is 0. The van der Waals surface area contributed by atoms with Gasteiger partial charge in [0.05, 0.1) is 6.10 Å². The number of aliphatic hydroxyl groups excluding tert-OH is 1. The van der Waals surface area contributed by atoms with Gasteiger partial charge in [-0.25, -0.2) is 0 Å². The number of nitrogen functional groups attached to an aromatic ring is 1. The Hall–Kier alpha value is -1.49. The predicted octanol–water partition coefficient (Wildman–Crippen LogP) is 0.344. The highest BCUT2D eigenvalue weighted by Gasteiger charge is 2.12. The standard InChI is InChI=1S/C10H17N3O2/c1-6(2)9(14)5-13-10(15)8-3-7(11)4-12-8/h3-4,6,9,12,14H,5,11H2,1-2H3,(H,13,15). The van der Waals surface area contributed by atoms with Gasteiger partial charge in [-0.2, -0.15) is 0 Å². The second-order valence-electron chi connectivity index (χ2n) is 3.87. The van der Waals surface area contributed by atoms with E-state index in [9.17, 15) is 9.90 Å². The number of hydrogen-bond acceptors (Lipinski definition) is 3. The summed E-state index contributed by atoms with van der Waals surface area (Å²) in [6.07, 6.45) is 1.02. The van der Waals surface area contributed by atoms with Crippen LogP contribution in [0.25, 0.3) is 0 Å². The molecule has 0 aliphatic rings. The van der Waals surface area contributed by atoms with Crippen LogP contribution in [0.3, 0.4) is 0 Å². The van der Waals surface area contributed by atoms with Crippen LogP contribution in [0.15, 0.2) is 12.3 Å². The number of amides is 1. The quantitative estimate of drug-likeness (QED) is 0.579. The van der Waals surface area contributed by atoms with E-state index in [0.717, 1.165) is 0 Å². The SMILES string of the molecule is CC(C)C(O)CNC(=O)c1cc(N)c[nH]1. The summed E-state index contributed by atoms with van der Waals surface area (Å²) in [5.41, 5.74) is 6.38. The van der Waals surface area contributed by atoms with E-state index in [2.05, 4.69) is 10.3 Å². The number of nitrogens with one attached hydrogen (secondary N) is 2. The van der Waals surface area contributed by atoms with Crippen molar-refractivity contribution in [1.29, 1.82) is 0 Å². The van der Waals surface area contributed by atoms with Gasteiger partial charge in [-0.05, 0) is 12.0 Å². The van der Waals surface area contributed by atoms with Crippen LogP contribution >= 0.6 is 0 Å². The Labute approximate surface area is 88.7 Å². The van der Waals surface area contributed by atoms with E-state index in [4.69, 9.17) is 5.73 Å². The molecule has 0 saturated heterocycles. The largest absolute Gasteiger partial charge is 0.397 e. The molecule has 0 aliphatic carbocycles. The molecule has 5 N–H and O–H groups in total. The second-order valence-corrected chi connectivity index (χ2v) is 3.87. The molecule has 1 atom stereocenters. The van der Waals surface area contributed by atoms with Gasteiger partial charge in [0.25, 0.3) is 5.91 Å². The number of rotatable bonds is 4. The Bertz CT molecular complexity index is 333. The van der Waals surface area contributed by atoms with Gasteiger partial charge in [0, 0.05) is 18.4 Å². The fourth-order valence-corrected chi connectivity index (χ4v) is 1.07. The lowest BCUT2D eigenvalue weighted by atomic mass is 10.1. The molecule has 1 heterocycles. The minimum Gasteiger partial charge on any atom is -0.397 e. The number of aliphatic hydroxyl groups is 1. The van der Waals surface area contributed by atoms with E-state index in [-0.39, 0.29) is 18.4 Å². The molecule has 15 heavy (non-hydrogen) atoms. The molecule has 0 fully saturated rings. The summed E-state index contributed by atoms with van der Waals surface area (Å²) in [5, 5.41) is 12.1. The average molecular weight is 211 g/mol. The van der Waals surface area contributed by atoms with Gasteiger partial charge in [0.2, 0.25) is 0 Å². The topological polar surface area (TPSA) is 91.1 Å². The molecule has 1 amide bonds. The maximum atomic E-state index is 11.5. The number of carbonyl (C=O) groups is 1. The van der Waals surface area contributed by atoms with Gasteiger partial charge in [-0.3, -0.25) is 4.79 Å². The Morgan fingerprint density at radius 1 is 1.67 bits per heavy atom. The fraction of sp³-hybridized carbons (Fsp3) is 0.500. The van der Waals surface area contributed by atoms with Crippen molar-refractivity contribution < 1.29 is 9.90 Å².